The van der Waals surface area contributed by atoms with Gasteiger partial charge in [-0.1, -0.05) is 6.92 Å². The SMILES string of the molecule is CC[C@H](NC(=O)c1ccnc(CN)c1)c1ccc(C)o1. The molecule has 0 radical (unpaired) electrons. The van der Waals surface area contributed by atoms with Crippen molar-refractivity contribution in [1.82, 2.24) is 10.3 Å². The summed E-state index contributed by atoms with van der Waals surface area (Å²) in [6, 6.07) is 7.03. The van der Waals surface area contributed by atoms with Gasteiger partial charge in [-0.05, 0) is 37.6 Å². The molecule has 5 nitrogen and oxygen atoms in total. The van der Waals surface area contributed by atoms with Crippen LogP contribution in [0.1, 0.15) is 47.0 Å². The third-order valence-electron chi connectivity index (χ3n) is 3.11. The number of nitrogens with one attached hydrogen (secondary N) is 1. The summed E-state index contributed by atoms with van der Waals surface area (Å²) in [5.74, 6) is 1.46. The Labute approximate surface area is 118 Å². The first-order valence-electron chi connectivity index (χ1n) is 6.66. The lowest BCUT2D eigenvalue weighted by Gasteiger charge is -2.15. The van der Waals surface area contributed by atoms with Crippen molar-refractivity contribution in [1.29, 1.82) is 0 Å². The molecule has 0 aliphatic rings. The molecule has 0 unspecified atom stereocenters. The average Bonchev–Trinajstić information content (AvgIpc) is 2.91. The minimum absolute atomic E-state index is 0.134. The van der Waals surface area contributed by atoms with Crippen molar-refractivity contribution in [2.45, 2.75) is 32.9 Å². The Balaban J connectivity index is 2.12. The molecule has 20 heavy (non-hydrogen) atoms. The molecule has 2 aromatic heterocycles. The van der Waals surface area contributed by atoms with Gasteiger partial charge in [-0.3, -0.25) is 9.78 Å². The van der Waals surface area contributed by atoms with E-state index >= 15 is 0 Å². The lowest BCUT2D eigenvalue weighted by Crippen LogP contribution is -2.28. The number of aromatic nitrogens is 1. The van der Waals surface area contributed by atoms with E-state index in [0.29, 0.717) is 17.8 Å². The Kier molecular flexibility index (Phi) is 4.53. The Bertz CT molecular complexity index is 592. The Hall–Kier alpha value is -2.14. The molecule has 2 heterocycles. The fourth-order valence-corrected chi connectivity index (χ4v) is 1.99. The highest BCUT2D eigenvalue weighted by Crippen LogP contribution is 2.19. The van der Waals surface area contributed by atoms with Crippen LogP contribution in [0.4, 0.5) is 0 Å². The summed E-state index contributed by atoms with van der Waals surface area (Å²) in [5.41, 5.74) is 6.78. The van der Waals surface area contributed by atoms with Crippen LogP contribution in [0, 0.1) is 6.92 Å². The standard InChI is InChI=1S/C15H19N3O2/c1-3-13(14-5-4-10(2)20-14)18-15(19)11-6-7-17-12(8-11)9-16/h4-8,13H,3,9,16H2,1-2H3,(H,18,19)/t13-/m0/s1. The maximum Gasteiger partial charge on any atom is 0.251 e. The van der Waals surface area contributed by atoms with Gasteiger partial charge in [0.05, 0.1) is 11.7 Å². The summed E-state index contributed by atoms with van der Waals surface area (Å²) in [6.45, 7) is 4.20. The molecule has 0 saturated heterocycles. The maximum atomic E-state index is 12.2. The fraction of sp³-hybridized carbons (Fsp3) is 0.333. The van der Waals surface area contributed by atoms with Gasteiger partial charge in [0.15, 0.2) is 0 Å². The summed E-state index contributed by atoms with van der Waals surface area (Å²) >= 11 is 0. The van der Waals surface area contributed by atoms with E-state index < -0.39 is 0 Å². The van der Waals surface area contributed by atoms with Crippen LogP contribution in [0.5, 0.6) is 0 Å². The molecule has 5 heteroatoms. The van der Waals surface area contributed by atoms with Crippen LogP contribution in [0.25, 0.3) is 0 Å². The minimum Gasteiger partial charge on any atom is -0.464 e. The van der Waals surface area contributed by atoms with E-state index in [1.54, 1.807) is 18.3 Å². The first-order valence-corrected chi connectivity index (χ1v) is 6.66. The van der Waals surface area contributed by atoms with Crippen molar-refractivity contribution in [3.63, 3.8) is 0 Å². The molecule has 0 bridgehead atoms. The predicted molar refractivity (Wildman–Crippen MR) is 76.1 cm³/mol. The zero-order valence-electron chi connectivity index (χ0n) is 11.7. The number of furan rings is 1. The highest BCUT2D eigenvalue weighted by Gasteiger charge is 2.17. The zero-order chi connectivity index (χ0) is 14.5. The Morgan fingerprint density at radius 2 is 2.25 bits per heavy atom. The second kappa shape index (κ2) is 6.34. The van der Waals surface area contributed by atoms with E-state index in [1.165, 1.54) is 0 Å². The molecule has 0 saturated carbocycles. The van der Waals surface area contributed by atoms with Gasteiger partial charge >= 0.3 is 0 Å². The lowest BCUT2D eigenvalue weighted by atomic mass is 10.1. The fourth-order valence-electron chi connectivity index (χ4n) is 1.99. The van der Waals surface area contributed by atoms with Gasteiger partial charge < -0.3 is 15.5 Å². The molecule has 1 amide bonds. The molecular formula is C15H19N3O2. The van der Waals surface area contributed by atoms with Crippen LogP contribution in [0.3, 0.4) is 0 Å². The second-order valence-electron chi connectivity index (χ2n) is 4.62. The second-order valence-corrected chi connectivity index (χ2v) is 4.62. The first kappa shape index (κ1) is 14.3. The van der Waals surface area contributed by atoms with Gasteiger partial charge in [0.1, 0.15) is 11.5 Å². The highest BCUT2D eigenvalue weighted by atomic mass is 16.3. The van der Waals surface area contributed by atoms with Crippen molar-refractivity contribution in [3.05, 3.63) is 53.2 Å². The highest BCUT2D eigenvalue weighted by molar-refractivity contribution is 5.94. The van der Waals surface area contributed by atoms with E-state index in [-0.39, 0.29) is 11.9 Å². The normalized spacial score (nSPS) is 12.2. The smallest absolute Gasteiger partial charge is 0.251 e. The maximum absolute atomic E-state index is 12.2. The quantitative estimate of drug-likeness (QED) is 0.876. The van der Waals surface area contributed by atoms with Crippen LogP contribution in [0.15, 0.2) is 34.9 Å². The number of carbonyl (C=O) groups is 1. The first-order chi connectivity index (χ1) is 9.63. The summed E-state index contributed by atoms with van der Waals surface area (Å²) in [7, 11) is 0. The molecule has 2 aromatic rings. The van der Waals surface area contributed by atoms with Gasteiger partial charge in [0.25, 0.3) is 5.91 Å². The molecule has 1 atom stereocenters. The number of rotatable bonds is 5. The van der Waals surface area contributed by atoms with Crippen molar-refractivity contribution in [3.8, 4) is 0 Å². The summed E-state index contributed by atoms with van der Waals surface area (Å²) in [5, 5.41) is 2.96. The third-order valence-corrected chi connectivity index (χ3v) is 3.11. The van der Waals surface area contributed by atoms with Gasteiger partial charge in [-0.2, -0.15) is 0 Å². The molecule has 0 fully saturated rings. The van der Waals surface area contributed by atoms with E-state index in [9.17, 15) is 4.79 Å². The van der Waals surface area contributed by atoms with Crippen molar-refractivity contribution >= 4 is 5.91 Å². The molecule has 0 aromatic carbocycles. The molecular weight excluding hydrogens is 254 g/mol. The molecule has 106 valence electrons. The monoisotopic (exact) mass is 273 g/mol. The Morgan fingerprint density at radius 1 is 1.45 bits per heavy atom. The van der Waals surface area contributed by atoms with Crippen LogP contribution in [-0.2, 0) is 6.54 Å². The number of nitrogens with zero attached hydrogens (tertiary/aromatic N) is 1. The third kappa shape index (κ3) is 3.24. The van der Waals surface area contributed by atoms with Crippen molar-refractivity contribution < 1.29 is 9.21 Å². The van der Waals surface area contributed by atoms with Crippen LogP contribution in [-0.4, -0.2) is 10.9 Å². The number of carbonyl (C=O) groups excluding carboxylic acids is 1. The molecule has 2 rings (SSSR count). The van der Waals surface area contributed by atoms with E-state index in [0.717, 1.165) is 17.9 Å². The van der Waals surface area contributed by atoms with E-state index in [1.807, 2.05) is 26.0 Å². The number of amides is 1. The summed E-state index contributed by atoms with van der Waals surface area (Å²) in [4.78, 5) is 16.3. The number of pyridine rings is 1. The number of hydrogen-bond acceptors (Lipinski definition) is 4. The van der Waals surface area contributed by atoms with E-state index in [4.69, 9.17) is 10.2 Å². The molecule has 0 aliphatic carbocycles. The lowest BCUT2D eigenvalue weighted by molar-refractivity contribution is 0.0930. The van der Waals surface area contributed by atoms with Gasteiger partial charge in [-0.15, -0.1) is 0 Å². The largest absolute Gasteiger partial charge is 0.464 e. The van der Waals surface area contributed by atoms with Gasteiger partial charge in [0.2, 0.25) is 0 Å². The Morgan fingerprint density at radius 3 is 2.85 bits per heavy atom. The summed E-state index contributed by atoms with van der Waals surface area (Å²) < 4.78 is 5.57. The number of nitrogens with two attached hydrogens (primary N) is 1. The van der Waals surface area contributed by atoms with Gasteiger partial charge in [-0.25, -0.2) is 0 Å². The number of aryl methyl sites for hydroxylation is 1. The average molecular weight is 273 g/mol. The molecule has 3 N–H and O–H groups in total. The van der Waals surface area contributed by atoms with Crippen LogP contribution >= 0.6 is 0 Å². The summed E-state index contributed by atoms with van der Waals surface area (Å²) in [6.07, 6.45) is 2.35. The van der Waals surface area contributed by atoms with Crippen molar-refractivity contribution in [2.24, 2.45) is 5.73 Å². The zero-order valence-corrected chi connectivity index (χ0v) is 11.7. The molecule has 0 aliphatic heterocycles. The van der Waals surface area contributed by atoms with Gasteiger partial charge in [0, 0.05) is 18.3 Å². The van der Waals surface area contributed by atoms with Crippen LogP contribution in [0.2, 0.25) is 0 Å². The number of hydrogen-bond donors (Lipinski definition) is 2. The predicted octanol–water partition coefficient (Wildman–Crippen LogP) is 2.32. The van der Waals surface area contributed by atoms with Crippen molar-refractivity contribution in [2.75, 3.05) is 0 Å². The minimum atomic E-state index is -0.150. The topological polar surface area (TPSA) is 81.2 Å². The molecule has 0 spiro atoms. The van der Waals surface area contributed by atoms with Crippen LogP contribution < -0.4 is 11.1 Å². The van der Waals surface area contributed by atoms with E-state index in [2.05, 4.69) is 10.3 Å².